The Kier molecular flexibility index (Phi) is 5.67. The van der Waals surface area contributed by atoms with Crippen molar-refractivity contribution in [3.63, 3.8) is 0 Å². The molecule has 0 spiro atoms. The molecule has 2 aromatic heterocycles. The highest BCUT2D eigenvalue weighted by molar-refractivity contribution is 6.04. The molecule has 2 aromatic carbocycles. The van der Waals surface area contributed by atoms with Crippen molar-refractivity contribution in [2.75, 3.05) is 18.4 Å². The number of nitriles is 1. The number of nitrogens with zero attached hydrogens (tertiary/aromatic N) is 4. The number of anilines is 1. The van der Waals surface area contributed by atoms with Crippen molar-refractivity contribution in [3.8, 4) is 17.6 Å². The number of rotatable bonds is 5. The Morgan fingerprint density at radius 3 is 2.63 bits per heavy atom. The molecule has 0 saturated carbocycles. The zero-order valence-corrected chi connectivity index (χ0v) is 19.4. The van der Waals surface area contributed by atoms with Gasteiger partial charge in [0.1, 0.15) is 11.3 Å². The molecule has 1 fully saturated rings. The Balaban J connectivity index is 1.38. The number of aryl methyl sites for hydroxylation is 2. The lowest BCUT2D eigenvalue weighted by atomic mass is 10.0. The molecule has 5 rings (SSSR count). The monoisotopic (exact) mass is 465 g/mol. The molecule has 174 valence electrons. The molecule has 1 aliphatic heterocycles. The number of benzene rings is 2. The molecule has 0 aliphatic carbocycles. The van der Waals surface area contributed by atoms with Crippen molar-refractivity contribution in [3.05, 3.63) is 89.2 Å². The van der Waals surface area contributed by atoms with Crippen LogP contribution in [0.25, 0.3) is 5.52 Å². The van der Waals surface area contributed by atoms with Crippen molar-refractivity contribution < 1.29 is 14.3 Å². The molecule has 8 nitrogen and oxygen atoms in total. The summed E-state index contributed by atoms with van der Waals surface area (Å²) in [5, 5.41) is 16.2. The molecule has 2 amide bonds. The highest BCUT2D eigenvalue weighted by Crippen LogP contribution is 2.32. The Bertz CT molecular complexity index is 1480. The molecular weight excluding hydrogens is 442 g/mol. The van der Waals surface area contributed by atoms with E-state index in [0.29, 0.717) is 46.9 Å². The van der Waals surface area contributed by atoms with Gasteiger partial charge in [0.2, 0.25) is 0 Å². The second kappa shape index (κ2) is 8.95. The van der Waals surface area contributed by atoms with Crippen LogP contribution in [0.5, 0.6) is 11.5 Å². The molecule has 4 aromatic rings. The number of carbonyl (C=O) groups is 2. The molecule has 1 N–H and O–H groups in total. The van der Waals surface area contributed by atoms with Crippen LogP contribution in [-0.2, 0) is 0 Å². The Morgan fingerprint density at radius 2 is 1.89 bits per heavy atom. The number of hydrogen-bond acceptors (Lipinski definition) is 5. The van der Waals surface area contributed by atoms with E-state index in [1.54, 1.807) is 52.1 Å². The topological polar surface area (TPSA) is 99.7 Å². The van der Waals surface area contributed by atoms with Gasteiger partial charge in [0.05, 0.1) is 23.7 Å². The molecule has 1 aliphatic rings. The summed E-state index contributed by atoms with van der Waals surface area (Å²) >= 11 is 0. The van der Waals surface area contributed by atoms with Crippen molar-refractivity contribution in [1.29, 1.82) is 5.26 Å². The molecule has 0 radical (unpaired) electrons. The summed E-state index contributed by atoms with van der Waals surface area (Å²) in [6.07, 6.45) is 3.28. The first-order chi connectivity index (χ1) is 16.9. The lowest BCUT2D eigenvalue weighted by Crippen LogP contribution is -2.49. The largest absolute Gasteiger partial charge is 0.455 e. The average molecular weight is 466 g/mol. The van der Waals surface area contributed by atoms with Crippen LogP contribution in [0.2, 0.25) is 0 Å². The van der Waals surface area contributed by atoms with Gasteiger partial charge in [-0.2, -0.15) is 10.4 Å². The van der Waals surface area contributed by atoms with Crippen molar-refractivity contribution in [2.45, 2.75) is 13.8 Å². The van der Waals surface area contributed by atoms with Gasteiger partial charge < -0.3 is 15.0 Å². The van der Waals surface area contributed by atoms with Crippen LogP contribution in [0.1, 0.15) is 31.8 Å². The van der Waals surface area contributed by atoms with E-state index in [2.05, 4.69) is 16.5 Å². The number of hydrogen-bond donors (Lipinski definition) is 1. The van der Waals surface area contributed by atoms with Crippen molar-refractivity contribution in [1.82, 2.24) is 14.5 Å². The molecule has 0 unspecified atom stereocenters. The average Bonchev–Trinajstić information content (AvgIpc) is 3.17. The van der Waals surface area contributed by atoms with Gasteiger partial charge in [-0.3, -0.25) is 9.59 Å². The second-order valence-corrected chi connectivity index (χ2v) is 8.64. The normalized spacial score (nSPS) is 13.2. The number of carbonyl (C=O) groups excluding carboxylic acids is 2. The summed E-state index contributed by atoms with van der Waals surface area (Å²) in [5.41, 5.74) is 4.22. The van der Waals surface area contributed by atoms with Gasteiger partial charge >= 0.3 is 0 Å². The number of nitrogens with one attached hydrogen (secondary N) is 1. The first-order valence-electron chi connectivity index (χ1n) is 11.2. The SMILES string of the molecule is Cc1ccc(NC(=O)c2cccc(Oc3ccnn4cc(C(=O)N5CC(C#N)C5)c(C)c34)c2)cc1. The van der Waals surface area contributed by atoms with Gasteiger partial charge in [0.15, 0.2) is 5.75 Å². The number of likely N-dealkylation sites (tertiary alicyclic amines) is 1. The molecule has 3 heterocycles. The van der Waals surface area contributed by atoms with E-state index in [1.165, 1.54) is 0 Å². The first kappa shape index (κ1) is 22.2. The smallest absolute Gasteiger partial charge is 0.255 e. The number of amides is 2. The zero-order valence-electron chi connectivity index (χ0n) is 19.4. The lowest BCUT2D eigenvalue weighted by Gasteiger charge is -2.35. The maximum absolute atomic E-state index is 12.9. The predicted molar refractivity (Wildman–Crippen MR) is 131 cm³/mol. The van der Waals surface area contributed by atoms with E-state index in [4.69, 9.17) is 10.00 Å². The van der Waals surface area contributed by atoms with Crippen LogP contribution in [0.15, 0.2) is 67.0 Å². The molecule has 35 heavy (non-hydrogen) atoms. The van der Waals surface area contributed by atoms with Gasteiger partial charge in [0.25, 0.3) is 11.8 Å². The van der Waals surface area contributed by atoms with E-state index >= 15 is 0 Å². The third kappa shape index (κ3) is 4.32. The quantitative estimate of drug-likeness (QED) is 0.465. The molecular formula is C27H23N5O3. The summed E-state index contributed by atoms with van der Waals surface area (Å²) in [6.45, 7) is 4.72. The van der Waals surface area contributed by atoms with Gasteiger partial charge in [0, 0.05) is 36.6 Å². The van der Waals surface area contributed by atoms with Gasteiger partial charge in [-0.25, -0.2) is 4.52 Å². The van der Waals surface area contributed by atoms with E-state index in [-0.39, 0.29) is 17.7 Å². The summed E-state index contributed by atoms with van der Waals surface area (Å²) in [4.78, 5) is 27.3. The van der Waals surface area contributed by atoms with Crippen LogP contribution in [0, 0.1) is 31.1 Å². The third-order valence-electron chi connectivity index (χ3n) is 6.11. The fraction of sp³-hybridized carbons (Fsp3) is 0.185. The number of aromatic nitrogens is 2. The Hall–Kier alpha value is -4.64. The summed E-state index contributed by atoms with van der Waals surface area (Å²) < 4.78 is 7.77. The van der Waals surface area contributed by atoms with Gasteiger partial charge in [-0.15, -0.1) is 0 Å². The minimum absolute atomic E-state index is 0.108. The summed E-state index contributed by atoms with van der Waals surface area (Å²) in [6, 6.07) is 18.4. The van der Waals surface area contributed by atoms with Crippen molar-refractivity contribution in [2.24, 2.45) is 5.92 Å². The molecule has 0 atom stereocenters. The van der Waals surface area contributed by atoms with Crippen LogP contribution >= 0.6 is 0 Å². The highest BCUT2D eigenvalue weighted by atomic mass is 16.5. The van der Waals surface area contributed by atoms with Crippen LogP contribution in [-0.4, -0.2) is 39.4 Å². The first-order valence-corrected chi connectivity index (χ1v) is 11.2. The number of fused-ring (bicyclic) bond motifs is 1. The number of ether oxygens (including phenoxy) is 1. The highest BCUT2D eigenvalue weighted by Gasteiger charge is 2.33. The fourth-order valence-electron chi connectivity index (χ4n) is 4.09. The van der Waals surface area contributed by atoms with E-state index < -0.39 is 0 Å². The second-order valence-electron chi connectivity index (χ2n) is 8.64. The standard InChI is InChI=1S/C27H23N5O3/c1-17-6-8-21(9-7-17)30-26(33)20-4-3-5-22(12-20)35-24-10-11-29-32-16-23(18(2)25(24)32)27(34)31-14-19(13-28)15-31/h3-12,16,19H,14-15H2,1-2H3,(H,30,33). The van der Waals surface area contributed by atoms with E-state index in [1.807, 2.05) is 38.1 Å². The molecule has 0 bridgehead atoms. The maximum atomic E-state index is 12.9. The minimum atomic E-state index is -0.240. The van der Waals surface area contributed by atoms with E-state index in [0.717, 1.165) is 11.1 Å². The fourth-order valence-corrected chi connectivity index (χ4v) is 4.09. The van der Waals surface area contributed by atoms with Gasteiger partial charge in [-0.1, -0.05) is 23.8 Å². The summed E-state index contributed by atoms with van der Waals surface area (Å²) in [7, 11) is 0. The van der Waals surface area contributed by atoms with Crippen LogP contribution in [0.4, 0.5) is 5.69 Å². The molecule has 1 saturated heterocycles. The Morgan fingerprint density at radius 1 is 1.11 bits per heavy atom. The minimum Gasteiger partial charge on any atom is -0.455 e. The Labute approximate surface area is 202 Å². The third-order valence-corrected chi connectivity index (χ3v) is 6.11. The summed E-state index contributed by atoms with van der Waals surface area (Å²) in [5.74, 6) is 0.536. The van der Waals surface area contributed by atoms with Gasteiger partial charge in [-0.05, 0) is 49.7 Å². The van der Waals surface area contributed by atoms with E-state index in [9.17, 15) is 9.59 Å². The maximum Gasteiger partial charge on any atom is 0.255 e. The zero-order chi connectivity index (χ0) is 24.5. The van der Waals surface area contributed by atoms with Crippen LogP contribution < -0.4 is 10.1 Å². The molecule has 8 heteroatoms. The van der Waals surface area contributed by atoms with Crippen LogP contribution in [0.3, 0.4) is 0 Å². The van der Waals surface area contributed by atoms with Crippen molar-refractivity contribution >= 4 is 23.0 Å². The predicted octanol–water partition coefficient (Wildman–Crippen LogP) is 4.59. The lowest BCUT2D eigenvalue weighted by molar-refractivity contribution is 0.0576.